The van der Waals surface area contributed by atoms with Gasteiger partial charge in [0.05, 0.1) is 19.1 Å². The topological polar surface area (TPSA) is 98.0 Å². The lowest BCUT2D eigenvalue weighted by atomic mass is 10.3. The Labute approximate surface area is 187 Å². The van der Waals surface area contributed by atoms with Gasteiger partial charge in [-0.15, -0.1) is 0 Å². The molecular weight excluding hydrogens is 440 g/mol. The van der Waals surface area contributed by atoms with Crippen LogP contribution in [0.4, 0.5) is 10.1 Å². The second kappa shape index (κ2) is 9.86. The molecule has 3 rings (SSSR count). The lowest BCUT2D eigenvalue weighted by Gasteiger charge is -2.20. The number of ether oxygens (including phenoxy) is 2. The lowest BCUT2D eigenvalue weighted by Crippen LogP contribution is -2.35. The fourth-order valence-electron chi connectivity index (χ4n) is 2.76. The molecule has 9 nitrogen and oxygen atoms in total. The van der Waals surface area contributed by atoms with Gasteiger partial charge in [0, 0.05) is 30.1 Å². The molecular formula is C20H22N4O5S2. The predicted octanol–water partition coefficient (Wildman–Crippen LogP) is 3.89. The molecule has 2 aromatic heterocycles. The molecule has 0 aliphatic rings. The van der Waals surface area contributed by atoms with Gasteiger partial charge in [-0.25, -0.2) is 4.98 Å². The predicted molar refractivity (Wildman–Crippen MR) is 124 cm³/mol. The second-order valence-electron chi connectivity index (χ2n) is 6.70. The summed E-state index contributed by atoms with van der Waals surface area (Å²) in [6.07, 6.45) is 2.99. The van der Waals surface area contributed by atoms with E-state index in [2.05, 4.69) is 4.98 Å². The SMILES string of the molecule is COc1ccc(OC)c2sc(N(CCN(C)C)C(=O)C=Cc3ccc([N+](=O)[O-])s3)nc12. The molecule has 0 fully saturated rings. The maximum Gasteiger partial charge on any atom is 0.324 e. The first-order valence-corrected chi connectivity index (χ1v) is 10.9. The number of nitro groups is 1. The summed E-state index contributed by atoms with van der Waals surface area (Å²) in [7, 11) is 7.00. The fourth-order valence-corrected chi connectivity index (χ4v) is 4.59. The number of rotatable bonds is 9. The van der Waals surface area contributed by atoms with Crippen LogP contribution < -0.4 is 14.4 Å². The van der Waals surface area contributed by atoms with Crippen LogP contribution in [0.2, 0.25) is 0 Å². The largest absolute Gasteiger partial charge is 0.495 e. The number of anilines is 1. The van der Waals surface area contributed by atoms with Crippen LogP contribution in [-0.4, -0.2) is 62.1 Å². The van der Waals surface area contributed by atoms with Crippen molar-refractivity contribution >= 4 is 55.0 Å². The highest BCUT2D eigenvalue weighted by Crippen LogP contribution is 2.40. The van der Waals surface area contributed by atoms with Crippen molar-refractivity contribution in [1.29, 1.82) is 0 Å². The Bertz CT molecular complexity index is 1080. The molecule has 0 bridgehead atoms. The molecule has 0 spiro atoms. The standard InChI is InChI=1S/C20H22N4O5S2/c1-22(2)11-12-23(16(25)9-5-13-6-10-17(30-13)24(26)27)20-21-18-14(28-3)7-8-15(29-4)19(18)31-20/h5-10H,11-12H2,1-4H3. The van der Waals surface area contributed by atoms with Crippen LogP contribution in [-0.2, 0) is 4.79 Å². The van der Waals surface area contributed by atoms with Gasteiger partial charge in [-0.1, -0.05) is 22.7 Å². The second-order valence-corrected chi connectivity index (χ2v) is 8.78. The Balaban J connectivity index is 1.95. The molecule has 11 heteroatoms. The third-order valence-corrected chi connectivity index (χ3v) is 6.44. The summed E-state index contributed by atoms with van der Waals surface area (Å²) in [6.45, 7) is 1.06. The smallest absolute Gasteiger partial charge is 0.324 e. The van der Waals surface area contributed by atoms with Crippen molar-refractivity contribution in [3.63, 3.8) is 0 Å². The van der Waals surface area contributed by atoms with Crippen molar-refractivity contribution in [3.05, 3.63) is 45.3 Å². The van der Waals surface area contributed by atoms with E-state index >= 15 is 0 Å². The van der Waals surface area contributed by atoms with Gasteiger partial charge in [0.1, 0.15) is 21.7 Å². The van der Waals surface area contributed by atoms with Crippen molar-refractivity contribution in [2.45, 2.75) is 0 Å². The number of methoxy groups -OCH3 is 2. The molecule has 0 unspecified atom stereocenters. The summed E-state index contributed by atoms with van der Waals surface area (Å²) in [5, 5.41) is 11.4. The number of hydrogen-bond donors (Lipinski definition) is 0. The zero-order chi connectivity index (χ0) is 22.5. The van der Waals surface area contributed by atoms with Crippen molar-refractivity contribution in [2.24, 2.45) is 0 Å². The van der Waals surface area contributed by atoms with Crippen LogP contribution in [0.3, 0.4) is 0 Å². The van der Waals surface area contributed by atoms with E-state index in [1.165, 1.54) is 23.5 Å². The number of likely N-dealkylation sites (N-methyl/N-ethyl adjacent to an activating group) is 1. The van der Waals surface area contributed by atoms with Crippen LogP contribution in [0.1, 0.15) is 4.88 Å². The molecule has 0 saturated carbocycles. The van der Waals surface area contributed by atoms with E-state index in [4.69, 9.17) is 9.47 Å². The molecule has 164 valence electrons. The Morgan fingerprint density at radius 3 is 2.45 bits per heavy atom. The number of hydrogen-bond acceptors (Lipinski definition) is 9. The number of carbonyl (C=O) groups is 1. The van der Waals surface area contributed by atoms with Gasteiger partial charge in [-0.3, -0.25) is 19.8 Å². The Morgan fingerprint density at radius 2 is 1.84 bits per heavy atom. The molecule has 1 aromatic carbocycles. The van der Waals surface area contributed by atoms with E-state index in [-0.39, 0.29) is 10.9 Å². The molecule has 31 heavy (non-hydrogen) atoms. The summed E-state index contributed by atoms with van der Waals surface area (Å²) < 4.78 is 11.6. The van der Waals surface area contributed by atoms with E-state index in [0.717, 1.165) is 16.0 Å². The van der Waals surface area contributed by atoms with Crippen molar-refractivity contribution in [1.82, 2.24) is 9.88 Å². The Kier molecular flexibility index (Phi) is 7.21. The average molecular weight is 463 g/mol. The molecule has 0 radical (unpaired) electrons. The first kappa shape index (κ1) is 22.7. The van der Waals surface area contributed by atoms with E-state index < -0.39 is 4.92 Å². The van der Waals surface area contributed by atoms with Gasteiger partial charge >= 0.3 is 5.00 Å². The maximum atomic E-state index is 13.1. The molecule has 0 N–H and O–H groups in total. The average Bonchev–Trinajstić information content (AvgIpc) is 3.39. The third-order valence-electron chi connectivity index (χ3n) is 4.35. The van der Waals surface area contributed by atoms with E-state index in [1.807, 2.05) is 19.0 Å². The summed E-state index contributed by atoms with van der Waals surface area (Å²) in [5.41, 5.74) is 0.627. The molecule has 0 aliphatic heterocycles. The molecule has 1 amide bonds. The summed E-state index contributed by atoms with van der Waals surface area (Å²) in [5.74, 6) is 0.982. The number of fused-ring (bicyclic) bond motifs is 1. The minimum absolute atomic E-state index is 0.0296. The van der Waals surface area contributed by atoms with Crippen molar-refractivity contribution in [3.8, 4) is 11.5 Å². The van der Waals surface area contributed by atoms with Crippen LogP contribution >= 0.6 is 22.7 Å². The number of benzene rings is 1. The summed E-state index contributed by atoms with van der Waals surface area (Å²) in [4.78, 5) is 32.3. The maximum absolute atomic E-state index is 13.1. The van der Waals surface area contributed by atoms with Crippen LogP contribution in [0, 0.1) is 10.1 Å². The van der Waals surface area contributed by atoms with Crippen LogP contribution in [0.25, 0.3) is 16.3 Å². The van der Waals surface area contributed by atoms with Gasteiger partial charge in [0.25, 0.3) is 5.91 Å². The highest BCUT2D eigenvalue weighted by Gasteiger charge is 2.21. The number of aromatic nitrogens is 1. The zero-order valence-electron chi connectivity index (χ0n) is 17.5. The first-order valence-electron chi connectivity index (χ1n) is 9.24. The van der Waals surface area contributed by atoms with Crippen LogP contribution in [0.5, 0.6) is 11.5 Å². The van der Waals surface area contributed by atoms with Gasteiger partial charge in [-0.05, 0) is 38.4 Å². The number of thiazole rings is 1. The highest BCUT2D eigenvalue weighted by atomic mass is 32.1. The quantitative estimate of drug-likeness (QED) is 0.270. The number of amides is 1. The first-order chi connectivity index (χ1) is 14.8. The number of thiophene rings is 1. The zero-order valence-corrected chi connectivity index (χ0v) is 19.2. The van der Waals surface area contributed by atoms with E-state index in [9.17, 15) is 14.9 Å². The number of nitrogens with zero attached hydrogens (tertiary/aromatic N) is 4. The Morgan fingerprint density at radius 1 is 1.13 bits per heavy atom. The minimum Gasteiger partial charge on any atom is -0.495 e. The molecule has 0 atom stereocenters. The molecule has 0 saturated heterocycles. The highest BCUT2D eigenvalue weighted by molar-refractivity contribution is 7.22. The van der Waals surface area contributed by atoms with Crippen LogP contribution in [0.15, 0.2) is 30.3 Å². The van der Waals surface area contributed by atoms with Gasteiger partial charge in [0.15, 0.2) is 5.13 Å². The van der Waals surface area contributed by atoms with Crippen molar-refractivity contribution in [2.75, 3.05) is 46.3 Å². The lowest BCUT2D eigenvalue weighted by molar-refractivity contribution is -0.380. The number of carbonyl (C=O) groups excluding carboxylic acids is 1. The van der Waals surface area contributed by atoms with Gasteiger partial charge in [-0.2, -0.15) is 0 Å². The molecule has 0 aliphatic carbocycles. The summed E-state index contributed by atoms with van der Waals surface area (Å²) >= 11 is 2.36. The molecule has 2 heterocycles. The van der Waals surface area contributed by atoms with Crippen molar-refractivity contribution < 1.29 is 19.2 Å². The normalized spacial score (nSPS) is 11.4. The minimum atomic E-state index is -0.449. The van der Waals surface area contributed by atoms with E-state index in [0.29, 0.717) is 40.1 Å². The third kappa shape index (κ3) is 5.19. The van der Waals surface area contributed by atoms with E-state index in [1.54, 1.807) is 43.4 Å². The van der Waals surface area contributed by atoms with Gasteiger partial charge < -0.3 is 14.4 Å². The van der Waals surface area contributed by atoms with Gasteiger partial charge in [0.2, 0.25) is 0 Å². The Hall–Kier alpha value is -3.02. The monoisotopic (exact) mass is 462 g/mol. The molecule has 3 aromatic rings. The summed E-state index contributed by atoms with van der Waals surface area (Å²) in [6, 6.07) is 6.62. The fraction of sp³-hybridized carbons (Fsp3) is 0.300.